The molecule has 0 aliphatic heterocycles. The van der Waals surface area contributed by atoms with E-state index in [2.05, 4.69) is 0 Å². The average molecular weight is 184 g/mol. The Kier molecular flexibility index (Phi) is 3.06. The minimum atomic E-state index is -0.977. The summed E-state index contributed by atoms with van der Waals surface area (Å²) in [6, 6.07) is 0. The summed E-state index contributed by atoms with van der Waals surface area (Å²) in [5.41, 5.74) is 0. The normalized spacial score (nSPS) is 25.9. The maximum atomic E-state index is 11.1. The molecule has 0 aromatic carbocycles. The number of carboxylic acids is 1. The third-order valence-corrected chi connectivity index (χ3v) is 1.92. The quantitative estimate of drug-likeness (QED) is 0.519. The van der Waals surface area contributed by atoms with Crippen molar-refractivity contribution in [2.45, 2.75) is 13.3 Å². The minimum Gasteiger partial charge on any atom is -0.478 e. The maximum Gasteiger partial charge on any atom is 0.327 e. The molecule has 0 aromatic heterocycles. The van der Waals surface area contributed by atoms with Crippen molar-refractivity contribution in [1.82, 2.24) is 0 Å². The van der Waals surface area contributed by atoms with E-state index in [0.717, 1.165) is 6.08 Å². The number of carboxylic acid groups (broad SMARTS) is 1. The Morgan fingerprint density at radius 2 is 2.31 bits per heavy atom. The number of hydrogen-bond acceptors (Lipinski definition) is 3. The lowest BCUT2D eigenvalue weighted by Crippen LogP contribution is -2.07. The standard InChI is InChI=1S/C9H12O4/c1-2-13-9(12)7-5-6(7)3-4-8(10)11/h3-4,6-7H,2,5H2,1H3,(H,10,11)/b4-3+/t6-,7-/m0/s1. The van der Waals surface area contributed by atoms with Crippen LogP contribution in [0.2, 0.25) is 0 Å². The van der Waals surface area contributed by atoms with Crippen LogP contribution in [0, 0.1) is 11.8 Å². The molecular formula is C9H12O4. The van der Waals surface area contributed by atoms with Gasteiger partial charge >= 0.3 is 11.9 Å². The molecule has 72 valence electrons. The van der Waals surface area contributed by atoms with Crippen molar-refractivity contribution in [3.8, 4) is 0 Å². The molecule has 1 aliphatic carbocycles. The third kappa shape index (κ3) is 2.89. The van der Waals surface area contributed by atoms with Crippen LogP contribution < -0.4 is 0 Å². The molecule has 1 rings (SSSR count). The van der Waals surface area contributed by atoms with Gasteiger partial charge in [-0.25, -0.2) is 4.79 Å². The van der Waals surface area contributed by atoms with Gasteiger partial charge in [-0.2, -0.15) is 0 Å². The van der Waals surface area contributed by atoms with Crippen LogP contribution in [0.4, 0.5) is 0 Å². The zero-order valence-electron chi connectivity index (χ0n) is 7.40. The smallest absolute Gasteiger partial charge is 0.327 e. The summed E-state index contributed by atoms with van der Waals surface area (Å²) in [6.07, 6.45) is 3.33. The second-order valence-electron chi connectivity index (χ2n) is 2.96. The number of carbonyl (C=O) groups is 2. The molecule has 4 heteroatoms. The molecule has 1 N–H and O–H groups in total. The highest BCUT2D eigenvalue weighted by molar-refractivity contribution is 5.81. The van der Waals surface area contributed by atoms with Gasteiger partial charge in [0.25, 0.3) is 0 Å². The van der Waals surface area contributed by atoms with Crippen LogP contribution in [0.25, 0.3) is 0 Å². The van der Waals surface area contributed by atoms with E-state index < -0.39 is 5.97 Å². The second-order valence-corrected chi connectivity index (χ2v) is 2.96. The van der Waals surface area contributed by atoms with Crippen molar-refractivity contribution in [1.29, 1.82) is 0 Å². The van der Waals surface area contributed by atoms with E-state index in [1.165, 1.54) is 0 Å². The number of esters is 1. The van der Waals surface area contributed by atoms with Crippen LogP contribution in [0.3, 0.4) is 0 Å². The number of hydrogen-bond donors (Lipinski definition) is 1. The summed E-state index contributed by atoms with van der Waals surface area (Å²) in [5.74, 6) is -1.25. The zero-order valence-corrected chi connectivity index (χ0v) is 7.40. The SMILES string of the molecule is CCOC(=O)[C@H]1C[C@@H]1/C=C/C(=O)O. The van der Waals surface area contributed by atoms with Gasteiger partial charge in [-0.3, -0.25) is 4.79 Å². The predicted octanol–water partition coefficient (Wildman–Crippen LogP) is 0.826. The topological polar surface area (TPSA) is 63.6 Å². The molecule has 0 bridgehead atoms. The molecule has 2 atom stereocenters. The van der Waals surface area contributed by atoms with Gasteiger partial charge in [0, 0.05) is 6.08 Å². The van der Waals surface area contributed by atoms with Gasteiger partial charge < -0.3 is 9.84 Å². The monoisotopic (exact) mass is 184 g/mol. The fourth-order valence-corrected chi connectivity index (χ4v) is 1.15. The first-order chi connectivity index (χ1) is 6.15. The van der Waals surface area contributed by atoms with E-state index in [9.17, 15) is 9.59 Å². The van der Waals surface area contributed by atoms with Crippen LogP contribution >= 0.6 is 0 Å². The summed E-state index contributed by atoms with van der Waals surface area (Å²) in [6.45, 7) is 2.13. The van der Waals surface area contributed by atoms with Crippen LogP contribution in [-0.2, 0) is 14.3 Å². The first-order valence-corrected chi connectivity index (χ1v) is 4.23. The van der Waals surface area contributed by atoms with Gasteiger partial charge in [-0.15, -0.1) is 0 Å². The zero-order chi connectivity index (χ0) is 9.84. The lowest BCUT2D eigenvalue weighted by atomic mass is 10.3. The van der Waals surface area contributed by atoms with E-state index >= 15 is 0 Å². The summed E-state index contributed by atoms with van der Waals surface area (Å²) >= 11 is 0. The lowest BCUT2D eigenvalue weighted by molar-refractivity contribution is -0.145. The van der Waals surface area contributed by atoms with Gasteiger partial charge in [0.2, 0.25) is 0 Å². The average Bonchev–Trinajstić information content (AvgIpc) is 2.80. The number of rotatable bonds is 4. The van der Waals surface area contributed by atoms with Crippen LogP contribution in [0.5, 0.6) is 0 Å². The fourth-order valence-electron chi connectivity index (χ4n) is 1.15. The molecular weight excluding hydrogens is 172 g/mol. The van der Waals surface area contributed by atoms with Crippen molar-refractivity contribution in [3.05, 3.63) is 12.2 Å². The number of aliphatic carboxylic acids is 1. The van der Waals surface area contributed by atoms with Crippen LogP contribution in [-0.4, -0.2) is 23.7 Å². The molecule has 1 fully saturated rings. The molecule has 0 saturated heterocycles. The first-order valence-electron chi connectivity index (χ1n) is 4.23. The van der Waals surface area contributed by atoms with Crippen molar-refractivity contribution in [3.63, 3.8) is 0 Å². The molecule has 0 radical (unpaired) electrons. The molecule has 13 heavy (non-hydrogen) atoms. The van der Waals surface area contributed by atoms with Crippen LogP contribution in [0.15, 0.2) is 12.2 Å². The first kappa shape index (κ1) is 9.77. The third-order valence-electron chi connectivity index (χ3n) is 1.92. The number of allylic oxidation sites excluding steroid dienone is 1. The Morgan fingerprint density at radius 1 is 1.62 bits per heavy atom. The molecule has 0 heterocycles. The lowest BCUT2D eigenvalue weighted by Gasteiger charge is -1.97. The fraction of sp³-hybridized carbons (Fsp3) is 0.556. The Hall–Kier alpha value is -1.32. The summed E-state index contributed by atoms with van der Waals surface area (Å²) in [7, 11) is 0. The molecule has 0 unspecified atom stereocenters. The number of ether oxygens (including phenoxy) is 1. The molecule has 0 aromatic rings. The van der Waals surface area contributed by atoms with E-state index in [-0.39, 0.29) is 17.8 Å². The summed E-state index contributed by atoms with van der Waals surface area (Å²) < 4.78 is 4.78. The van der Waals surface area contributed by atoms with Gasteiger partial charge in [0.1, 0.15) is 0 Å². The molecule has 0 amide bonds. The molecule has 1 aliphatic rings. The van der Waals surface area contributed by atoms with Crippen molar-refractivity contribution in [2.75, 3.05) is 6.61 Å². The van der Waals surface area contributed by atoms with Crippen LogP contribution in [0.1, 0.15) is 13.3 Å². The van der Waals surface area contributed by atoms with Crippen molar-refractivity contribution in [2.24, 2.45) is 11.8 Å². The summed E-state index contributed by atoms with van der Waals surface area (Å²) in [5, 5.41) is 8.32. The Balaban J connectivity index is 2.30. The van der Waals surface area contributed by atoms with Gasteiger partial charge in [-0.1, -0.05) is 6.08 Å². The maximum absolute atomic E-state index is 11.1. The highest BCUT2D eigenvalue weighted by Crippen LogP contribution is 2.40. The van der Waals surface area contributed by atoms with E-state index in [4.69, 9.17) is 9.84 Å². The number of carbonyl (C=O) groups excluding carboxylic acids is 1. The van der Waals surface area contributed by atoms with Crippen molar-refractivity contribution < 1.29 is 19.4 Å². The molecule has 4 nitrogen and oxygen atoms in total. The van der Waals surface area contributed by atoms with Gasteiger partial charge in [0.05, 0.1) is 12.5 Å². The second kappa shape index (κ2) is 4.07. The van der Waals surface area contributed by atoms with E-state index in [1.807, 2.05) is 0 Å². The highest BCUT2D eigenvalue weighted by Gasteiger charge is 2.42. The van der Waals surface area contributed by atoms with Crippen molar-refractivity contribution >= 4 is 11.9 Å². The molecule has 1 saturated carbocycles. The minimum absolute atomic E-state index is 0.0650. The molecule has 0 spiro atoms. The Bertz CT molecular complexity index is 244. The largest absolute Gasteiger partial charge is 0.478 e. The van der Waals surface area contributed by atoms with Gasteiger partial charge in [-0.05, 0) is 19.3 Å². The Labute approximate surface area is 76.2 Å². The highest BCUT2D eigenvalue weighted by atomic mass is 16.5. The van der Waals surface area contributed by atoms with Gasteiger partial charge in [0.15, 0.2) is 0 Å². The van der Waals surface area contributed by atoms with E-state index in [1.54, 1.807) is 13.0 Å². The Morgan fingerprint density at radius 3 is 2.85 bits per heavy atom. The predicted molar refractivity (Wildman–Crippen MR) is 45.0 cm³/mol. The van der Waals surface area contributed by atoms with E-state index in [0.29, 0.717) is 13.0 Å². The summed E-state index contributed by atoms with van der Waals surface area (Å²) in [4.78, 5) is 21.2.